The Morgan fingerprint density at radius 1 is 1.30 bits per heavy atom. The molecule has 104 valence electrons. The van der Waals surface area contributed by atoms with E-state index in [0.717, 1.165) is 10.6 Å². The Morgan fingerprint density at radius 3 is 2.55 bits per heavy atom. The fourth-order valence-corrected chi connectivity index (χ4v) is 2.03. The van der Waals surface area contributed by atoms with E-state index >= 15 is 0 Å². The highest BCUT2D eigenvalue weighted by Crippen LogP contribution is 2.23. The van der Waals surface area contributed by atoms with Gasteiger partial charge in [-0.25, -0.2) is 9.97 Å². The lowest BCUT2D eigenvalue weighted by Crippen LogP contribution is -2.25. The van der Waals surface area contributed by atoms with Crippen molar-refractivity contribution in [2.24, 2.45) is 5.73 Å². The number of aromatic nitrogens is 2. The van der Waals surface area contributed by atoms with E-state index in [0.29, 0.717) is 11.6 Å². The maximum Gasteiger partial charge on any atom is 0.226 e. The second-order valence-corrected chi connectivity index (χ2v) is 5.32. The summed E-state index contributed by atoms with van der Waals surface area (Å²) in [7, 11) is 1.93. The molecule has 20 heavy (non-hydrogen) atoms. The van der Waals surface area contributed by atoms with Crippen LogP contribution in [0.25, 0.3) is 0 Å². The number of hydrogen-bond acceptors (Lipinski definition) is 4. The lowest BCUT2D eigenvalue weighted by Gasteiger charge is -2.25. The SMILES string of the molecule is CC(c1ccc(Cl)cc1)N(C)c1nccc(C(N)=S)n1. The van der Waals surface area contributed by atoms with Gasteiger partial charge in [-0.15, -0.1) is 0 Å². The molecule has 0 bridgehead atoms. The van der Waals surface area contributed by atoms with Crippen molar-refractivity contribution in [3.05, 3.63) is 52.8 Å². The lowest BCUT2D eigenvalue weighted by atomic mass is 10.1. The van der Waals surface area contributed by atoms with Crippen LogP contribution in [0.1, 0.15) is 24.2 Å². The van der Waals surface area contributed by atoms with E-state index in [1.54, 1.807) is 12.3 Å². The number of halogens is 1. The first-order valence-corrected chi connectivity index (χ1v) is 6.89. The van der Waals surface area contributed by atoms with Gasteiger partial charge in [0.2, 0.25) is 5.95 Å². The van der Waals surface area contributed by atoms with Crippen molar-refractivity contribution in [1.82, 2.24) is 9.97 Å². The third-order valence-electron chi connectivity index (χ3n) is 3.14. The average molecular weight is 307 g/mol. The van der Waals surface area contributed by atoms with Crippen LogP contribution in [0.3, 0.4) is 0 Å². The largest absolute Gasteiger partial charge is 0.388 e. The van der Waals surface area contributed by atoms with Gasteiger partial charge in [-0.3, -0.25) is 0 Å². The fraction of sp³-hybridized carbons (Fsp3) is 0.214. The Kier molecular flexibility index (Phi) is 4.52. The second-order valence-electron chi connectivity index (χ2n) is 4.44. The molecular formula is C14H15ClN4S. The average Bonchev–Trinajstić information content (AvgIpc) is 2.46. The molecule has 1 unspecified atom stereocenters. The number of nitrogens with two attached hydrogens (primary N) is 1. The molecule has 0 aliphatic carbocycles. The van der Waals surface area contributed by atoms with Crippen molar-refractivity contribution >= 4 is 34.8 Å². The Hall–Kier alpha value is -1.72. The summed E-state index contributed by atoms with van der Waals surface area (Å²) in [4.78, 5) is 10.8. The van der Waals surface area contributed by atoms with Crippen LogP contribution in [-0.2, 0) is 0 Å². The zero-order chi connectivity index (χ0) is 14.7. The monoisotopic (exact) mass is 306 g/mol. The molecule has 6 heteroatoms. The minimum Gasteiger partial charge on any atom is -0.388 e. The number of anilines is 1. The van der Waals surface area contributed by atoms with Gasteiger partial charge in [0.05, 0.1) is 6.04 Å². The number of thiocarbonyl (C=S) groups is 1. The molecule has 0 fully saturated rings. The maximum absolute atomic E-state index is 5.90. The van der Waals surface area contributed by atoms with Crippen LogP contribution < -0.4 is 10.6 Å². The molecule has 0 spiro atoms. The molecule has 2 rings (SSSR count). The highest BCUT2D eigenvalue weighted by atomic mass is 35.5. The Labute approximate surface area is 128 Å². The summed E-state index contributed by atoms with van der Waals surface area (Å²) in [6, 6.07) is 9.52. The second kappa shape index (κ2) is 6.15. The van der Waals surface area contributed by atoms with Crippen molar-refractivity contribution in [2.45, 2.75) is 13.0 Å². The smallest absolute Gasteiger partial charge is 0.226 e. The fourth-order valence-electron chi connectivity index (χ4n) is 1.79. The van der Waals surface area contributed by atoms with Gasteiger partial charge in [0.25, 0.3) is 0 Å². The quantitative estimate of drug-likeness (QED) is 0.880. The molecule has 1 heterocycles. The van der Waals surface area contributed by atoms with Gasteiger partial charge in [-0.05, 0) is 30.7 Å². The predicted molar refractivity (Wildman–Crippen MR) is 86.2 cm³/mol. The number of benzene rings is 1. The molecule has 1 aromatic heterocycles. The van der Waals surface area contributed by atoms with Gasteiger partial charge in [0.15, 0.2) is 0 Å². The van der Waals surface area contributed by atoms with Crippen molar-refractivity contribution in [1.29, 1.82) is 0 Å². The molecule has 0 amide bonds. The van der Waals surface area contributed by atoms with E-state index in [4.69, 9.17) is 29.6 Å². The summed E-state index contributed by atoms with van der Waals surface area (Å²) in [5.74, 6) is 0.581. The van der Waals surface area contributed by atoms with Crippen molar-refractivity contribution < 1.29 is 0 Å². The molecule has 2 N–H and O–H groups in total. The van der Waals surface area contributed by atoms with E-state index in [2.05, 4.69) is 16.9 Å². The zero-order valence-corrected chi connectivity index (χ0v) is 12.8. The lowest BCUT2D eigenvalue weighted by molar-refractivity contribution is 0.715. The predicted octanol–water partition coefficient (Wildman–Crippen LogP) is 2.96. The maximum atomic E-state index is 5.90. The molecule has 0 aliphatic heterocycles. The highest BCUT2D eigenvalue weighted by Gasteiger charge is 2.15. The highest BCUT2D eigenvalue weighted by molar-refractivity contribution is 7.80. The van der Waals surface area contributed by atoms with Crippen LogP contribution in [0, 0.1) is 0 Å². The number of rotatable bonds is 4. The Balaban J connectivity index is 2.26. The molecule has 2 aromatic rings. The standard InChI is InChI=1S/C14H15ClN4S/c1-9(10-3-5-11(15)6-4-10)19(2)14-17-8-7-12(18-14)13(16)20/h3-9H,1-2H3,(H2,16,20). The van der Waals surface area contributed by atoms with Gasteiger partial charge in [0.1, 0.15) is 10.7 Å². The van der Waals surface area contributed by atoms with Crippen molar-refractivity contribution in [3.63, 3.8) is 0 Å². The van der Waals surface area contributed by atoms with Gasteiger partial charge in [-0.2, -0.15) is 0 Å². The first kappa shape index (κ1) is 14.7. The first-order valence-electron chi connectivity index (χ1n) is 6.10. The number of hydrogen-bond donors (Lipinski definition) is 1. The van der Waals surface area contributed by atoms with E-state index in [-0.39, 0.29) is 11.0 Å². The zero-order valence-electron chi connectivity index (χ0n) is 11.2. The van der Waals surface area contributed by atoms with Crippen LogP contribution in [0.5, 0.6) is 0 Å². The van der Waals surface area contributed by atoms with Gasteiger partial charge in [0, 0.05) is 18.3 Å². The minimum atomic E-state index is 0.105. The van der Waals surface area contributed by atoms with E-state index in [9.17, 15) is 0 Å². The normalized spacial score (nSPS) is 11.9. The summed E-state index contributed by atoms with van der Waals surface area (Å²) < 4.78 is 0. The molecule has 0 radical (unpaired) electrons. The topological polar surface area (TPSA) is 55.0 Å². The summed E-state index contributed by atoms with van der Waals surface area (Å²) in [5.41, 5.74) is 7.29. The van der Waals surface area contributed by atoms with Crippen LogP contribution >= 0.6 is 23.8 Å². The Bertz CT molecular complexity index is 615. The van der Waals surface area contributed by atoms with Crippen LogP contribution in [-0.4, -0.2) is 22.0 Å². The molecule has 0 saturated heterocycles. The molecule has 0 saturated carbocycles. The molecule has 1 aromatic carbocycles. The van der Waals surface area contributed by atoms with Crippen LogP contribution in [0.2, 0.25) is 5.02 Å². The van der Waals surface area contributed by atoms with E-state index < -0.39 is 0 Å². The van der Waals surface area contributed by atoms with Crippen molar-refractivity contribution in [3.8, 4) is 0 Å². The molecule has 1 atom stereocenters. The van der Waals surface area contributed by atoms with Crippen molar-refractivity contribution in [2.75, 3.05) is 11.9 Å². The molecule has 4 nitrogen and oxygen atoms in total. The van der Waals surface area contributed by atoms with Gasteiger partial charge < -0.3 is 10.6 Å². The third-order valence-corrected chi connectivity index (χ3v) is 3.61. The van der Waals surface area contributed by atoms with E-state index in [1.807, 2.05) is 36.2 Å². The van der Waals surface area contributed by atoms with E-state index in [1.165, 1.54) is 0 Å². The molecule has 0 aliphatic rings. The van der Waals surface area contributed by atoms with Crippen LogP contribution in [0.4, 0.5) is 5.95 Å². The molecular weight excluding hydrogens is 292 g/mol. The summed E-state index contributed by atoms with van der Waals surface area (Å²) in [5, 5.41) is 0.718. The Morgan fingerprint density at radius 2 is 1.95 bits per heavy atom. The minimum absolute atomic E-state index is 0.105. The first-order chi connectivity index (χ1) is 9.49. The summed E-state index contributed by atoms with van der Waals surface area (Å²) in [6.45, 7) is 2.07. The number of nitrogens with zero attached hydrogens (tertiary/aromatic N) is 3. The van der Waals surface area contributed by atoms with Gasteiger partial charge in [-0.1, -0.05) is 36.0 Å². The third kappa shape index (κ3) is 3.23. The summed E-state index contributed by atoms with van der Waals surface area (Å²) in [6.07, 6.45) is 1.65. The summed E-state index contributed by atoms with van der Waals surface area (Å²) >= 11 is 10.8. The van der Waals surface area contributed by atoms with Crippen LogP contribution in [0.15, 0.2) is 36.5 Å². The van der Waals surface area contributed by atoms with Gasteiger partial charge >= 0.3 is 0 Å².